The van der Waals surface area contributed by atoms with Crippen LogP contribution in [-0.4, -0.2) is 22.2 Å². The molecule has 0 bridgehead atoms. The number of rotatable bonds is 22. The molecule has 0 aromatic heterocycles. The van der Waals surface area contributed by atoms with Crippen LogP contribution in [0.15, 0.2) is 109 Å². The van der Waals surface area contributed by atoms with Crippen molar-refractivity contribution in [3.05, 3.63) is 120 Å². The second-order valence-corrected chi connectivity index (χ2v) is 16.6. The molecule has 0 saturated carbocycles. The van der Waals surface area contributed by atoms with Crippen LogP contribution in [0.1, 0.15) is 127 Å². The first kappa shape index (κ1) is 41.0. The molecule has 0 atom stereocenters. The van der Waals surface area contributed by atoms with E-state index in [9.17, 15) is 9.59 Å². The largest absolute Gasteiger partial charge is 0.481 e. The molecule has 0 aliphatic heterocycles. The molecular weight excluding hydrogens is 713 g/mol. The molecule has 300 valence electrons. The van der Waals surface area contributed by atoms with Crippen LogP contribution in [0, 0.1) is 0 Å². The molecule has 0 unspecified atom stereocenters. The highest BCUT2D eigenvalue weighted by Gasteiger charge is 2.12. The standard InChI is InChI=1S/C28H32O2.C26H28O2/c29-26(30)14-9-7-5-3-1-2-4-6-8-11-21-15-16-24-18-17-22-12-10-13-23-19-20-25(21)28(24)27(22)23;27-24(28)12-7-5-3-1-2-4-6-9-19-13-14-22-16-15-20-10-8-11-21-17-18-23(19)26(22)25(20)21/h10,12-13,15-20H,1-9,11,14H2,(H,29,30);8,10-11,13-18H,1-7,9,12H2,(H,27,28). The van der Waals surface area contributed by atoms with Gasteiger partial charge in [-0.15, -0.1) is 0 Å². The summed E-state index contributed by atoms with van der Waals surface area (Å²) in [4.78, 5) is 21.0. The number of aliphatic carboxylic acids is 2. The van der Waals surface area contributed by atoms with Gasteiger partial charge in [0.15, 0.2) is 0 Å². The molecule has 0 fully saturated rings. The molecule has 4 nitrogen and oxygen atoms in total. The zero-order valence-corrected chi connectivity index (χ0v) is 34.2. The molecule has 0 radical (unpaired) electrons. The molecule has 4 heteroatoms. The van der Waals surface area contributed by atoms with Crippen molar-refractivity contribution >= 4 is 76.6 Å². The second-order valence-electron chi connectivity index (χ2n) is 16.6. The van der Waals surface area contributed by atoms with Crippen LogP contribution in [0.25, 0.3) is 64.6 Å². The third-order valence-corrected chi connectivity index (χ3v) is 12.4. The zero-order chi connectivity index (χ0) is 40.1. The summed E-state index contributed by atoms with van der Waals surface area (Å²) >= 11 is 0. The molecule has 0 heterocycles. The number of carbonyl (C=O) groups is 2. The van der Waals surface area contributed by atoms with Gasteiger partial charge in [0.05, 0.1) is 0 Å². The second kappa shape index (κ2) is 20.5. The van der Waals surface area contributed by atoms with Crippen molar-refractivity contribution in [1.29, 1.82) is 0 Å². The average molecular weight is 773 g/mol. The van der Waals surface area contributed by atoms with Crippen LogP contribution in [0.5, 0.6) is 0 Å². The fourth-order valence-corrected chi connectivity index (χ4v) is 9.33. The van der Waals surface area contributed by atoms with Crippen LogP contribution >= 0.6 is 0 Å². The highest BCUT2D eigenvalue weighted by molar-refractivity contribution is 6.24. The predicted molar refractivity (Wildman–Crippen MR) is 246 cm³/mol. The van der Waals surface area contributed by atoms with Crippen LogP contribution in [-0.2, 0) is 22.4 Å². The minimum absolute atomic E-state index is 0.314. The first-order valence-electron chi connectivity index (χ1n) is 22.2. The van der Waals surface area contributed by atoms with Gasteiger partial charge in [0.1, 0.15) is 0 Å². The van der Waals surface area contributed by atoms with E-state index in [1.54, 1.807) is 0 Å². The van der Waals surface area contributed by atoms with Gasteiger partial charge in [0.2, 0.25) is 0 Å². The Morgan fingerprint density at radius 3 is 0.931 bits per heavy atom. The summed E-state index contributed by atoms with van der Waals surface area (Å²) in [7, 11) is 0. The summed E-state index contributed by atoms with van der Waals surface area (Å²) in [5.41, 5.74) is 2.95. The van der Waals surface area contributed by atoms with E-state index in [2.05, 4.69) is 109 Å². The zero-order valence-electron chi connectivity index (χ0n) is 34.2. The predicted octanol–water partition coefficient (Wildman–Crippen LogP) is 15.4. The van der Waals surface area contributed by atoms with Crippen LogP contribution in [0.2, 0.25) is 0 Å². The Morgan fingerprint density at radius 1 is 0.310 bits per heavy atom. The van der Waals surface area contributed by atoms with Gasteiger partial charge in [-0.3, -0.25) is 9.59 Å². The van der Waals surface area contributed by atoms with Crippen molar-refractivity contribution < 1.29 is 19.8 Å². The smallest absolute Gasteiger partial charge is 0.303 e. The average Bonchev–Trinajstić information content (AvgIpc) is 3.24. The van der Waals surface area contributed by atoms with Crippen molar-refractivity contribution in [3.8, 4) is 0 Å². The summed E-state index contributed by atoms with van der Waals surface area (Å²) in [6, 6.07) is 40.6. The van der Waals surface area contributed by atoms with Crippen LogP contribution < -0.4 is 0 Å². The van der Waals surface area contributed by atoms with E-state index < -0.39 is 11.9 Å². The summed E-state index contributed by atoms with van der Waals surface area (Å²) in [6.45, 7) is 0. The SMILES string of the molecule is O=C(O)CCCCCCCCCCCc1ccc2ccc3cccc4ccc1c2c34.O=C(O)CCCCCCCCCc1ccc2ccc3cccc4ccc1c2c34. The lowest BCUT2D eigenvalue weighted by atomic mass is 9.90. The highest BCUT2D eigenvalue weighted by Crippen LogP contribution is 2.38. The Kier molecular flexibility index (Phi) is 14.4. The topological polar surface area (TPSA) is 74.6 Å². The molecule has 0 saturated heterocycles. The Morgan fingerprint density at radius 2 is 0.586 bits per heavy atom. The van der Waals surface area contributed by atoms with Crippen LogP contribution in [0.3, 0.4) is 0 Å². The van der Waals surface area contributed by atoms with Crippen molar-refractivity contribution in [1.82, 2.24) is 0 Å². The molecular formula is C54H60O4. The number of carboxylic acid groups (broad SMARTS) is 2. The summed E-state index contributed by atoms with van der Waals surface area (Å²) < 4.78 is 0. The van der Waals surface area contributed by atoms with E-state index in [4.69, 9.17) is 10.2 Å². The molecule has 0 aliphatic rings. The third kappa shape index (κ3) is 10.3. The molecule has 0 spiro atoms. The number of hydrogen-bond acceptors (Lipinski definition) is 2. The van der Waals surface area contributed by atoms with Gasteiger partial charge >= 0.3 is 11.9 Å². The first-order valence-corrected chi connectivity index (χ1v) is 22.2. The minimum atomic E-state index is -0.673. The van der Waals surface area contributed by atoms with Gasteiger partial charge in [0.25, 0.3) is 0 Å². The van der Waals surface area contributed by atoms with Gasteiger partial charge in [-0.25, -0.2) is 0 Å². The fourth-order valence-electron chi connectivity index (χ4n) is 9.33. The van der Waals surface area contributed by atoms with E-state index in [-0.39, 0.29) is 0 Å². The molecule has 2 N–H and O–H groups in total. The fraction of sp³-hybridized carbons (Fsp3) is 0.370. The third-order valence-electron chi connectivity index (χ3n) is 12.4. The van der Waals surface area contributed by atoms with Crippen LogP contribution in [0.4, 0.5) is 0 Å². The molecule has 58 heavy (non-hydrogen) atoms. The van der Waals surface area contributed by atoms with E-state index in [0.717, 1.165) is 44.9 Å². The number of carboxylic acids is 2. The number of hydrogen-bond donors (Lipinski definition) is 2. The lowest BCUT2D eigenvalue weighted by Gasteiger charge is -2.14. The lowest BCUT2D eigenvalue weighted by molar-refractivity contribution is -0.138. The molecule has 8 aromatic carbocycles. The van der Waals surface area contributed by atoms with Gasteiger partial charge in [-0.05, 0) is 114 Å². The normalized spacial score (nSPS) is 11.7. The van der Waals surface area contributed by atoms with Gasteiger partial charge < -0.3 is 10.2 Å². The van der Waals surface area contributed by atoms with E-state index >= 15 is 0 Å². The maximum absolute atomic E-state index is 10.5. The molecule has 8 rings (SSSR count). The Balaban J connectivity index is 0.000000177. The van der Waals surface area contributed by atoms with Gasteiger partial charge in [-0.1, -0.05) is 186 Å². The lowest BCUT2D eigenvalue weighted by Crippen LogP contribution is -1.93. The molecule has 0 aliphatic carbocycles. The van der Waals surface area contributed by atoms with Crippen molar-refractivity contribution in [3.63, 3.8) is 0 Å². The maximum Gasteiger partial charge on any atom is 0.303 e. The summed E-state index contributed by atoms with van der Waals surface area (Å²) in [5.74, 6) is -1.34. The van der Waals surface area contributed by atoms with Gasteiger partial charge in [0, 0.05) is 12.8 Å². The quantitative estimate of drug-likeness (QED) is 0.0531. The highest BCUT2D eigenvalue weighted by atomic mass is 16.4. The van der Waals surface area contributed by atoms with Gasteiger partial charge in [-0.2, -0.15) is 0 Å². The van der Waals surface area contributed by atoms with E-state index in [0.29, 0.717) is 12.8 Å². The monoisotopic (exact) mass is 772 g/mol. The van der Waals surface area contributed by atoms with Crippen molar-refractivity contribution in [2.24, 2.45) is 0 Å². The Hall–Kier alpha value is -5.22. The molecule has 8 aromatic rings. The maximum atomic E-state index is 10.5. The van der Waals surface area contributed by atoms with Crippen molar-refractivity contribution in [2.75, 3.05) is 0 Å². The first-order chi connectivity index (χ1) is 28.5. The minimum Gasteiger partial charge on any atom is -0.481 e. The summed E-state index contributed by atoms with van der Waals surface area (Å²) in [6.07, 6.45) is 21.6. The number of unbranched alkanes of at least 4 members (excludes halogenated alkanes) is 14. The Bertz CT molecular complexity index is 2520. The number of aryl methyl sites for hydroxylation is 2. The van der Waals surface area contributed by atoms with Crippen molar-refractivity contribution in [2.45, 2.75) is 128 Å². The van der Waals surface area contributed by atoms with E-state index in [1.165, 1.54) is 146 Å². The Labute approximate surface area is 343 Å². The summed E-state index contributed by atoms with van der Waals surface area (Å²) in [5, 5.41) is 33.8. The molecule has 0 amide bonds. The number of benzene rings is 8. The van der Waals surface area contributed by atoms with E-state index in [1.807, 2.05) is 0 Å².